The van der Waals surface area contributed by atoms with Gasteiger partial charge in [-0.2, -0.15) is 0 Å². The molecule has 32 heavy (non-hydrogen) atoms. The van der Waals surface area contributed by atoms with Gasteiger partial charge in [0.25, 0.3) is 11.6 Å². The fourth-order valence-electron chi connectivity index (χ4n) is 4.49. The number of methoxy groups -OCH3 is 2. The number of aromatic amines is 1. The Hall–Kier alpha value is -3.55. The van der Waals surface area contributed by atoms with Crippen LogP contribution in [-0.2, 0) is 6.42 Å². The number of nitro benzene ring substituents is 1. The van der Waals surface area contributed by atoms with Crippen molar-refractivity contribution in [3.05, 3.63) is 63.8 Å². The molecule has 0 saturated carbocycles. The van der Waals surface area contributed by atoms with E-state index >= 15 is 0 Å². The molecule has 1 aromatic heterocycles. The number of hydrogen-bond donors (Lipinski definition) is 1. The molecule has 0 radical (unpaired) electrons. The molecule has 1 aliphatic heterocycles. The second-order valence-electron chi connectivity index (χ2n) is 8.07. The summed E-state index contributed by atoms with van der Waals surface area (Å²) in [5, 5.41) is 11.8. The van der Waals surface area contributed by atoms with E-state index in [1.54, 1.807) is 26.5 Å². The van der Waals surface area contributed by atoms with E-state index < -0.39 is 4.92 Å². The second-order valence-corrected chi connectivity index (χ2v) is 8.07. The number of aryl methyl sites for hydroxylation is 1. The van der Waals surface area contributed by atoms with E-state index in [0.29, 0.717) is 29.0 Å². The van der Waals surface area contributed by atoms with E-state index in [1.165, 1.54) is 12.1 Å². The molecular weight excluding hydrogens is 410 g/mol. The number of carbonyl (C=O) groups excluding carboxylic acids is 1. The minimum atomic E-state index is -0.437. The van der Waals surface area contributed by atoms with Crippen LogP contribution in [0, 0.1) is 10.1 Å². The van der Waals surface area contributed by atoms with Crippen molar-refractivity contribution in [2.75, 3.05) is 20.8 Å². The molecule has 2 heterocycles. The van der Waals surface area contributed by atoms with Crippen molar-refractivity contribution >= 4 is 22.5 Å². The van der Waals surface area contributed by atoms with E-state index in [0.717, 1.165) is 43.2 Å². The topological polar surface area (TPSA) is 97.7 Å². The highest BCUT2D eigenvalue weighted by Gasteiger charge is 2.29. The first kappa shape index (κ1) is 21.7. The summed E-state index contributed by atoms with van der Waals surface area (Å²) in [4.78, 5) is 29.2. The van der Waals surface area contributed by atoms with Crippen molar-refractivity contribution in [3.63, 3.8) is 0 Å². The number of hydrogen-bond acceptors (Lipinski definition) is 5. The summed E-state index contributed by atoms with van der Waals surface area (Å²) in [6.45, 7) is 0.692. The molecule has 0 spiro atoms. The normalized spacial score (nSPS) is 16.2. The number of rotatable bonds is 7. The number of likely N-dealkylation sites (tertiary alicyclic amines) is 1. The lowest BCUT2D eigenvalue weighted by molar-refractivity contribution is -0.384. The van der Waals surface area contributed by atoms with Crippen LogP contribution < -0.4 is 9.47 Å². The summed E-state index contributed by atoms with van der Waals surface area (Å²) in [6, 6.07) is 10.6. The average Bonchev–Trinajstić information content (AvgIpc) is 3.25. The Balaban J connectivity index is 1.53. The fourth-order valence-corrected chi connectivity index (χ4v) is 4.49. The SMILES string of the molecule is COc1ccc(CCC2CCCCN2C(=O)c2c[nH]c3ccc([N+](=O)[O-])cc23)cc1OC. The number of aromatic nitrogens is 1. The third kappa shape index (κ3) is 4.26. The molecule has 1 unspecified atom stereocenters. The zero-order valence-electron chi connectivity index (χ0n) is 18.3. The van der Waals surface area contributed by atoms with E-state index in [2.05, 4.69) is 4.98 Å². The number of benzene rings is 2. The van der Waals surface area contributed by atoms with E-state index in [9.17, 15) is 14.9 Å². The summed E-state index contributed by atoms with van der Waals surface area (Å²) < 4.78 is 10.7. The van der Waals surface area contributed by atoms with Crippen LogP contribution in [-0.4, -0.2) is 47.5 Å². The summed E-state index contributed by atoms with van der Waals surface area (Å²) in [5.41, 5.74) is 2.32. The molecule has 3 aromatic rings. The third-order valence-corrected chi connectivity index (χ3v) is 6.21. The number of ether oxygens (including phenoxy) is 2. The molecule has 0 aliphatic carbocycles. The minimum absolute atomic E-state index is 0.0187. The Bertz CT molecular complexity index is 1140. The highest BCUT2D eigenvalue weighted by Crippen LogP contribution is 2.31. The Morgan fingerprint density at radius 3 is 2.72 bits per heavy atom. The van der Waals surface area contributed by atoms with E-state index in [1.807, 2.05) is 23.1 Å². The van der Waals surface area contributed by atoms with Crippen LogP contribution in [0.5, 0.6) is 11.5 Å². The van der Waals surface area contributed by atoms with Gasteiger partial charge in [0.1, 0.15) is 0 Å². The van der Waals surface area contributed by atoms with Crippen molar-refractivity contribution in [3.8, 4) is 11.5 Å². The zero-order chi connectivity index (χ0) is 22.7. The van der Waals surface area contributed by atoms with Crippen LogP contribution in [0.4, 0.5) is 5.69 Å². The first-order valence-corrected chi connectivity index (χ1v) is 10.8. The van der Waals surface area contributed by atoms with Gasteiger partial charge in [-0.3, -0.25) is 14.9 Å². The maximum atomic E-state index is 13.5. The molecular formula is C24H27N3O5. The van der Waals surface area contributed by atoms with Gasteiger partial charge in [0, 0.05) is 41.8 Å². The predicted molar refractivity (Wildman–Crippen MR) is 121 cm³/mol. The lowest BCUT2D eigenvalue weighted by Gasteiger charge is -2.36. The Morgan fingerprint density at radius 1 is 1.16 bits per heavy atom. The van der Waals surface area contributed by atoms with Crippen molar-refractivity contribution in [1.82, 2.24) is 9.88 Å². The first-order valence-electron chi connectivity index (χ1n) is 10.8. The molecule has 168 valence electrons. The smallest absolute Gasteiger partial charge is 0.270 e. The molecule has 1 saturated heterocycles. The van der Waals surface area contributed by atoms with Crippen molar-refractivity contribution in [1.29, 1.82) is 0 Å². The highest BCUT2D eigenvalue weighted by atomic mass is 16.6. The van der Waals surface area contributed by atoms with Crippen molar-refractivity contribution in [2.24, 2.45) is 0 Å². The fraction of sp³-hybridized carbons (Fsp3) is 0.375. The predicted octanol–water partition coefficient (Wildman–Crippen LogP) is 4.72. The van der Waals surface area contributed by atoms with Crippen LogP contribution in [0.25, 0.3) is 10.9 Å². The monoisotopic (exact) mass is 437 g/mol. The summed E-state index contributed by atoms with van der Waals surface area (Å²) in [7, 11) is 3.23. The van der Waals surface area contributed by atoms with Gasteiger partial charge in [-0.05, 0) is 55.9 Å². The van der Waals surface area contributed by atoms with Gasteiger partial charge in [-0.15, -0.1) is 0 Å². The second kappa shape index (κ2) is 9.30. The third-order valence-electron chi connectivity index (χ3n) is 6.21. The van der Waals surface area contributed by atoms with Crippen LogP contribution in [0.2, 0.25) is 0 Å². The number of piperidine rings is 1. The number of nitrogens with zero attached hydrogens (tertiary/aromatic N) is 2. The number of fused-ring (bicyclic) bond motifs is 1. The molecule has 8 nitrogen and oxygen atoms in total. The van der Waals surface area contributed by atoms with E-state index in [4.69, 9.17) is 9.47 Å². The minimum Gasteiger partial charge on any atom is -0.493 e. The number of H-pyrrole nitrogens is 1. The molecule has 1 atom stereocenters. The number of amides is 1. The molecule has 1 aliphatic rings. The summed E-state index contributed by atoms with van der Waals surface area (Å²) in [6.07, 6.45) is 6.30. The molecule has 0 bridgehead atoms. The van der Waals surface area contributed by atoms with Gasteiger partial charge in [0.05, 0.1) is 24.7 Å². The van der Waals surface area contributed by atoms with Gasteiger partial charge < -0.3 is 19.4 Å². The average molecular weight is 437 g/mol. The van der Waals surface area contributed by atoms with Crippen LogP contribution in [0.3, 0.4) is 0 Å². The number of carbonyl (C=O) groups is 1. The lowest BCUT2D eigenvalue weighted by atomic mass is 9.95. The zero-order valence-corrected chi connectivity index (χ0v) is 18.3. The van der Waals surface area contributed by atoms with Crippen LogP contribution in [0.15, 0.2) is 42.6 Å². The van der Waals surface area contributed by atoms with Gasteiger partial charge in [-0.1, -0.05) is 6.07 Å². The lowest BCUT2D eigenvalue weighted by Crippen LogP contribution is -2.43. The Kier molecular flexibility index (Phi) is 6.30. The quantitative estimate of drug-likeness (QED) is 0.426. The molecule has 2 aromatic carbocycles. The molecule has 1 amide bonds. The van der Waals surface area contributed by atoms with Crippen molar-refractivity contribution in [2.45, 2.75) is 38.1 Å². The van der Waals surface area contributed by atoms with E-state index in [-0.39, 0.29) is 17.6 Å². The molecule has 8 heteroatoms. The molecule has 4 rings (SSSR count). The van der Waals surface area contributed by atoms with Crippen molar-refractivity contribution < 1.29 is 19.2 Å². The van der Waals surface area contributed by atoms with Crippen LogP contribution in [0.1, 0.15) is 41.6 Å². The van der Waals surface area contributed by atoms with Gasteiger partial charge in [-0.25, -0.2) is 0 Å². The van der Waals surface area contributed by atoms with Gasteiger partial charge in [0.2, 0.25) is 0 Å². The number of non-ortho nitro benzene ring substituents is 1. The Morgan fingerprint density at radius 2 is 1.97 bits per heavy atom. The number of nitro groups is 1. The maximum Gasteiger partial charge on any atom is 0.270 e. The molecule has 1 N–H and O–H groups in total. The van der Waals surface area contributed by atoms with Gasteiger partial charge in [0.15, 0.2) is 11.5 Å². The summed E-state index contributed by atoms with van der Waals surface area (Å²) >= 11 is 0. The Labute approximate surface area is 186 Å². The maximum absolute atomic E-state index is 13.5. The largest absolute Gasteiger partial charge is 0.493 e. The first-order chi connectivity index (χ1) is 15.5. The summed E-state index contributed by atoms with van der Waals surface area (Å²) in [5.74, 6) is 1.31. The molecule has 1 fully saturated rings. The standard InChI is InChI=1S/C24H27N3O5/c1-31-22-11-7-16(13-23(22)32-2)6-8-17-5-3-4-12-26(17)24(28)20-15-25-21-10-9-18(27(29)30)14-19(20)21/h7,9-11,13-15,17,25H,3-6,8,12H2,1-2H3. The highest BCUT2D eigenvalue weighted by molar-refractivity contribution is 6.07. The number of nitrogens with one attached hydrogen (secondary N) is 1. The van der Waals surface area contributed by atoms with Gasteiger partial charge >= 0.3 is 0 Å². The van der Waals surface area contributed by atoms with Crippen LogP contribution >= 0.6 is 0 Å².